The molecule has 10 heavy (non-hydrogen) atoms. The molecule has 0 rings (SSSR count). The largest absolute Gasteiger partial charge is 0.450 e. The van der Waals surface area contributed by atoms with Gasteiger partial charge in [-0.3, -0.25) is 0 Å². The van der Waals surface area contributed by atoms with Crippen molar-refractivity contribution in [3.63, 3.8) is 0 Å². The van der Waals surface area contributed by atoms with Crippen molar-refractivity contribution in [2.24, 2.45) is 0 Å². The molecule has 0 aliphatic carbocycles. The van der Waals surface area contributed by atoms with Gasteiger partial charge in [0, 0.05) is 13.6 Å². The molecule has 3 heteroatoms. The van der Waals surface area contributed by atoms with Gasteiger partial charge < -0.3 is 9.64 Å². The van der Waals surface area contributed by atoms with E-state index in [1.165, 1.54) is 0 Å². The third-order valence-electron chi connectivity index (χ3n) is 1.14. The van der Waals surface area contributed by atoms with Gasteiger partial charge in [-0.05, 0) is 13.3 Å². The zero-order chi connectivity index (χ0) is 7.98. The molecule has 0 spiro atoms. The Labute approximate surface area is 62.0 Å². The van der Waals surface area contributed by atoms with Crippen molar-refractivity contribution in [3.05, 3.63) is 0 Å². The van der Waals surface area contributed by atoms with Crippen LogP contribution in [0.3, 0.4) is 0 Å². The number of carbonyl (C=O) groups excluding carboxylic acids is 1. The van der Waals surface area contributed by atoms with Crippen LogP contribution in [-0.2, 0) is 4.74 Å². The van der Waals surface area contributed by atoms with Crippen LogP contribution >= 0.6 is 0 Å². The van der Waals surface area contributed by atoms with E-state index in [9.17, 15) is 4.79 Å². The fraction of sp³-hybridized carbons (Fsp3) is 0.857. The molecule has 0 bridgehead atoms. The lowest BCUT2D eigenvalue weighted by Gasteiger charge is -2.14. The number of carbonyl (C=O) groups is 1. The monoisotopic (exact) mass is 145 g/mol. The van der Waals surface area contributed by atoms with Gasteiger partial charge in [-0.1, -0.05) is 6.92 Å². The molecule has 3 nitrogen and oxygen atoms in total. The standard InChI is InChI=1S/C7H15NO2/c1-4-6-8(3)7(9)10-5-2/h4-6H2,1-3H3. The number of nitrogens with zero attached hydrogens (tertiary/aromatic N) is 1. The molecule has 0 saturated heterocycles. The van der Waals surface area contributed by atoms with Crippen molar-refractivity contribution in [3.8, 4) is 0 Å². The SMILES string of the molecule is CCCN(C)C(=O)OCC. The molecule has 0 aliphatic rings. The predicted octanol–water partition coefficient (Wildman–Crippen LogP) is 1.48. The van der Waals surface area contributed by atoms with Crippen LogP contribution < -0.4 is 0 Å². The van der Waals surface area contributed by atoms with Gasteiger partial charge in [0.2, 0.25) is 0 Å². The van der Waals surface area contributed by atoms with Crippen LogP contribution in [0.2, 0.25) is 0 Å². The smallest absolute Gasteiger partial charge is 0.409 e. The summed E-state index contributed by atoms with van der Waals surface area (Å²) in [6, 6.07) is 0. The summed E-state index contributed by atoms with van der Waals surface area (Å²) < 4.78 is 4.74. The summed E-state index contributed by atoms with van der Waals surface area (Å²) in [5, 5.41) is 0. The van der Waals surface area contributed by atoms with Crippen molar-refractivity contribution >= 4 is 6.09 Å². The molecule has 0 heterocycles. The topological polar surface area (TPSA) is 29.5 Å². The summed E-state index contributed by atoms with van der Waals surface area (Å²) in [6.07, 6.45) is 0.735. The van der Waals surface area contributed by atoms with E-state index >= 15 is 0 Å². The van der Waals surface area contributed by atoms with Crippen LogP contribution in [0.4, 0.5) is 4.79 Å². The highest BCUT2D eigenvalue weighted by Crippen LogP contribution is 1.90. The molecular weight excluding hydrogens is 130 g/mol. The highest BCUT2D eigenvalue weighted by atomic mass is 16.5. The Bertz CT molecular complexity index is 104. The maximum absolute atomic E-state index is 10.8. The summed E-state index contributed by atoms with van der Waals surface area (Å²) in [7, 11) is 1.74. The van der Waals surface area contributed by atoms with Crippen LogP contribution in [0, 0.1) is 0 Å². The zero-order valence-electron chi connectivity index (χ0n) is 6.89. The van der Waals surface area contributed by atoms with Crippen LogP contribution in [-0.4, -0.2) is 31.2 Å². The molecule has 1 amide bonds. The molecule has 0 aliphatic heterocycles. The second-order valence-electron chi connectivity index (χ2n) is 2.12. The van der Waals surface area contributed by atoms with Crippen molar-refractivity contribution < 1.29 is 9.53 Å². The number of amides is 1. The number of rotatable bonds is 3. The first-order valence-corrected chi connectivity index (χ1v) is 3.60. The normalized spacial score (nSPS) is 9.10. The molecule has 0 aromatic carbocycles. The Kier molecular flexibility index (Phi) is 4.72. The van der Waals surface area contributed by atoms with Crippen molar-refractivity contribution in [1.29, 1.82) is 0 Å². The second kappa shape index (κ2) is 5.09. The van der Waals surface area contributed by atoms with Gasteiger partial charge in [0.05, 0.1) is 6.61 Å². The first-order chi connectivity index (χ1) is 4.72. The van der Waals surface area contributed by atoms with E-state index < -0.39 is 0 Å². The van der Waals surface area contributed by atoms with E-state index in [1.807, 2.05) is 6.92 Å². The van der Waals surface area contributed by atoms with E-state index in [-0.39, 0.29) is 6.09 Å². The van der Waals surface area contributed by atoms with Crippen LogP contribution in [0.15, 0.2) is 0 Å². The fourth-order valence-electron chi connectivity index (χ4n) is 0.660. The lowest BCUT2D eigenvalue weighted by atomic mass is 10.5. The summed E-state index contributed by atoms with van der Waals surface area (Å²) >= 11 is 0. The zero-order valence-corrected chi connectivity index (χ0v) is 6.89. The van der Waals surface area contributed by atoms with Crippen LogP contribution in [0.1, 0.15) is 20.3 Å². The van der Waals surface area contributed by atoms with Gasteiger partial charge in [-0.25, -0.2) is 4.79 Å². The summed E-state index contributed by atoms with van der Waals surface area (Å²) in [5.74, 6) is 0. The summed E-state index contributed by atoms with van der Waals surface area (Å²) in [4.78, 5) is 12.4. The number of ether oxygens (including phenoxy) is 1. The molecular formula is C7H15NO2. The van der Waals surface area contributed by atoms with E-state index in [0.717, 1.165) is 13.0 Å². The molecule has 0 radical (unpaired) electrons. The van der Waals surface area contributed by atoms with Crippen LogP contribution in [0.25, 0.3) is 0 Å². The third kappa shape index (κ3) is 3.33. The van der Waals surface area contributed by atoms with Gasteiger partial charge in [0.25, 0.3) is 0 Å². The molecule has 0 aromatic heterocycles. The average Bonchev–Trinajstić information content (AvgIpc) is 1.89. The second-order valence-corrected chi connectivity index (χ2v) is 2.12. The lowest BCUT2D eigenvalue weighted by Crippen LogP contribution is -2.27. The maximum atomic E-state index is 10.8. The van der Waals surface area contributed by atoms with Gasteiger partial charge >= 0.3 is 6.09 Å². The molecule has 0 fully saturated rings. The van der Waals surface area contributed by atoms with E-state index in [0.29, 0.717) is 6.61 Å². The molecule has 0 unspecified atom stereocenters. The van der Waals surface area contributed by atoms with E-state index in [2.05, 4.69) is 0 Å². The van der Waals surface area contributed by atoms with Gasteiger partial charge in [0.1, 0.15) is 0 Å². The highest BCUT2D eigenvalue weighted by molar-refractivity contribution is 5.67. The van der Waals surface area contributed by atoms with Crippen molar-refractivity contribution in [2.75, 3.05) is 20.2 Å². The highest BCUT2D eigenvalue weighted by Gasteiger charge is 2.05. The number of hydrogen-bond acceptors (Lipinski definition) is 2. The predicted molar refractivity (Wildman–Crippen MR) is 39.9 cm³/mol. The minimum atomic E-state index is -0.232. The van der Waals surface area contributed by atoms with Gasteiger partial charge in [-0.15, -0.1) is 0 Å². The Morgan fingerprint density at radius 3 is 2.50 bits per heavy atom. The Morgan fingerprint density at radius 2 is 2.10 bits per heavy atom. The van der Waals surface area contributed by atoms with Crippen molar-refractivity contribution in [2.45, 2.75) is 20.3 Å². The summed E-state index contributed by atoms with van der Waals surface area (Å²) in [6.45, 7) is 5.04. The average molecular weight is 145 g/mol. The maximum Gasteiger partial charge on any atom is 0.409 e. The minimum absolute atomic E-state index is 0.232. The number of hydrogen-bond donors (Lipinski definition) is 0. The molecule has 0 aromatic rings. The van der Waals surface area contributed by atoms with E-state index in [1.54, 1.807) is 18.9 Å². The summed E-state index contributed by atoms with van der Waals surface area (Å²) in [5.41, 5.74) is 0. The lowest BCUT2D eigenvalue weighted by molar-refractivity contribution is 0.116. The third-order valence-corrected chi connectivity index (χ3v) is 1.14. The fourth-order valence-corrected chi connectivity index (χ4v) is 0.660. The van der Waals surface area contributed by atoms with Gasteiger partial charge in [-0.2, -0.15) is 0 Å². The van der Waals surface area contributed by atoms with Crippen LogP contribution in [0.5, 0.6) is 0 Å². The quantitative estimate of drug-likeness (QED) is 0.602. The van der Waals surface area contributed by atoms with Crippen molar-refractivity contribution in [1.82, 2.24) is 4.90 Å². The molecule has 0 atom stereocenters. The first kappa shape index (κ1) is 9.27. The van der Waals surface area contributed by atoms with Gasteiger partial charge in [0.15, 0.2) is 0 Å². The Morgan fingerprint density at radius 1 is 1.50 bits per heavy atom. The Balaban J connectivity index is 3.49. The molecule has 60 valence electrons. The molecule has 0 saturated carbocycles. The Hall–Kier alpha value is -0.730. The molecule has 0 N–H and O–H groups in total. The minimum Gasteiger partial charge on any atom is -0.450 e. The van der Waals surface area contributed by atoms with E-state index in [4.69, 9.17) is 4.74 Å². The first-order valence-electron chi connectivity index (χ1n) is 3.60.